The minimum absolute atomic E-state index is 0.350. The molecule has 1 fully saturated rings. The first-order valence-corrected chi connectivity index (χ1v) is 11.0. The van der Waals surface area contributed by atoms with Crippen molar-refractivity contribution in [3.8, 4) is 11.5 Å². The van der Waals surface area contributed by atoms with Crippen molar-refractivity contribution in [3.63, 3.8) is 0 Å². The summed E-state index contributed by atoms with van der Waals surface area (Å²) in [6, 6.07) is 18.2. The van der Waals surface area contributed by atoms with Crippen LogP contribution in [0.2, 0.25) is 0 Å². The Morgan fingerprint density at radius 2 is 2.00 bits per heavy atom. The third kappa shape index (κ3) is 5.02. The van der Waals surface area contributed by atoms with Crippen molar-refractivity contribution in [2.75, 3.05) is 13.1 Å². The smallest absolute Gasteiger partial charge is 0.150 e. The van der Waals surface area contributed by atoms with Crippen LogP contribution in [-0.4, -0.2) is 29.3 Å². The highest BCUT2D eigenvalue weighted by Gasteiger charge is 2.26. The minimum atomic E-state index is 0.350. The predicted octanol–water partition coefficient (Wildman–Crippen LogP) is 6.11. The number of benzene rings is 2. The second kappa shape index (κ2) is 9.44. The van der Waals surface area contributed by atoms with Crippen molar-refractivity contribution in [3.05, 3.63) is 88.7 Å². The zero-order valence-corrected chi connectivity index (χ0v) is 18.5. The number of hydrogen-bond donors (Lipinski definition) is 0. The van der Waals surface area contributed by atoms with Gasteiger partial charge in [0.15, 0.2) is 0 Å². The Balaban J connectivity index is 1.47. The summed E-state index contributed by atoms with van der Waals surface area (Å²) in [4.78, 5) is 18.8. The van der Waals surface area contributed by atoms with E-state index in [4.69, 9.17) is 4.74 Å². The molecule has 3 aromatic rings. The van der Waals surface area contributed by atoms with Crippen LogP contribution in [0.1, 0.15) is 64.8 Å². The third-order valence-corrected chi connectivity index (χ3v) is 6.02. The Hall–Kier alpha value is -2.98. The molecule has 31 heavy (non-hydrogen) atoms. The molecule has 160 valence electrons. The van der Waals surface area contributed by atoms with E-state index < -0.39 is 0 Å². The van der Waals surface area contributed by atoms with Crippen LogP contribution in [0.15, 0.2) is 60.8 Å². The van der Waals surface area contributed by atoms with Gasteiger partial charge in [-0.15, -0.1) is 0 Å². The van der Waals surface area contributed by atoms with Gasteiger partial charge in [-0.3, -0.25) is 14.7 Å². The minimum Gasteiger partial charge on any atom is -0.457 e. The van der Waals surface area contributed by atoms with E-state index in [-0.39, 0.29) is 0 Å². The number of rotatable bonds is 7. The standard InChI is InChI=1S/C27H30N2O2/c1-19(2)25-6-4-5-7-27(25)31-24-10-11-26(22(14-24)18-30)21-12-13-29(16-21)17-23-9-8-20(3)15-28-23/h4-11,14-15,18-19,21H,12-13,16-17H2,1-3H3. The molecule has 1 aliphatic rings. The number of ether oxygens (including phenoxy) is 1. The maximum Gasteiger partial charge on any atom is 0.150 e. The van der Waals surface area contributed by atoms with Gasteiger partial charge in [0.25, 0.3) is 0 Å². The average molecular weight is 415 g/mol. The summed E-state index contributed by atoms with van der Waals surface area (Å²) in [6.07, 6.45) is 3.92. The van der Waals surface area contributed by atoms with Gasteiger partial charge in [0, 0.05) is 24.8 Å². The summed E-state index contributed by atoms with van der Waals surface area (Å²) < 4.78 is 6.16. The first-order chi connectivity index (χ1) is 15.0. The van der Waals surface area contributed by atoms with Gasteiger partial charge in [0.05, 0.1) is 5.69 Å². The highest BCUT2D eigenvalue weighted by Crippen LogP contribution is 2.34. The molecule has 0 amide bonds. The lowest BCUT2D eigenvalue weighted by Crippen LogP contribution is -2.20. The van der Waals surface area contributed by atoms with Crippen molar-refractivity contribution in [2.45, 2.75) is 45.6 Å². The molecule has 0 bridgehead atoms. The number of aromatic nitrogens is 1. The number of carbonyl (C=O) groups excluding carboxylic acids is 1. The molecule has 2 heterocycles. The number of carbonyl (C=O) groups is 1. The van der Waals surface area contributed by atoms with E-state index in [1.165, 1.54) is 5.56 Å². The van der Waals surface area contributed by atoms with E-state index in [0.29, 0.717) is 17.6 Å². The highest BCUT2D eigenvalue weighted by atomic mass is 16.5. The van der Waals surface area contributed by atoms with Gasteiger partial charge < -0.3 is 4.74 Å². The molecule has 2 aromatic carbocycles. The number of aryl methyl sites for hydroxylation is 1. The Morgan fingerprint density at radius 1 is 1.16 bits per heavy atom. The van der Waals surface area contributed by atoms with E-state index >= 15 is 0 Å². The molecule has 0 N–H and O–H groups in total. The molecular weight excluding hydrogens is 384 g/mol. The zero-order valence-electron chi connectivity index (χ0n) is 18.5. The van der Waals surface area contributed by atoms with Gasteiger partial charge >= 0.3 is 0 Å². The third-order valence-electron chi connectivity index (χ3n) is 6.02. The molecule has 4 heteroatoms. The number of para-hydroxylation sites is 1. The second-order valence-electron chi connectivity index (χ2n) is 8.75. The number of pyridine rings is 1. The van der Waals surface area contributed by atoms with Crippen LogP contribution in [0, 0.1) is 6.92 Å². The highest BCUT2D eigenvalue weighted by molar-refractivity contribution is 5.78. The lowest BCUT2D eigenvalue weighted by molar-refractivity contribution is 0.112. The SMILES string of the molecule is Cc1ccc(CN2CCC(c3ccc(Oc4ccccc4C(C)C)cc3C=O)C2)nc1. The molecular formula is C27H30N2O2. The Morgan fingerprint density at radius 3 is 2.74 bits per heavy atom. The molecule has 1 atom stereocenters. The summed E-state index contributed by atoms with van der Waals surface area (Å²) in [7, 11) is 0. The van der Waals surface area contributed by atoms with Gasteiger partial charge in [-0.2, -0.15) is 0 Å². The molecule has 1 aliphatic heterocycles. The van der Waals surface area contributed by atoms with Gasteiger partial charge in [0.2, 0.25) is 0 Å². The topological polar surface area (TPSA) is 42.4 Å². The molecule has 4 rings (SSSR count). The van der Waals surface area contributed by atoms with Crippen molar-refractivity contribution >= 4 is 6.29 Å². The van der Waals surface area contributed by atoms with Crippen molar-refractivity contribution in [2.24, 2.45) is 0 Å². The van der Waals surface area contributed by atoms with Crippen molar-refractivity contribution < 1.29 is 9.53 Å². The second-order valence-corrected chi connectivity index (χ2v) is 8.75. The quantitative estimate of drug-likeness (QED) is 0.438. The van der Waals surface area contributed by atoms with Crippen molar-refractivity contribution in [1.82, 2.24) is 9.88 Å². The summed E-state index contributed by atoms with van der Waals surface area (Å²) in [6.45, 7) is 9.16. The van der Waals surface area contributed by atoms with Crippen LogP contribution >= 0.6 is 0 Å². The average Bonchev–Trinajstić information content (AvgIpc) is 3.23. The zero-order chi connectivity index (χ0) is 21.8. The summed E-state index contributed by atoms with van der Waals surface area (Å²) >= 11 is 0. The van der Waals surface area contributed by atoms with Crippen LogP contribution < -0.4 is 4.74 Å². The Bertz CT molecular complexity index is 1040. The lowest BCUT2D eigenvalue weighted by Gasteiger charge is -2.18. The van der Waals surface area contributed by atoms with Gasteiger partial charge in [-0.25, -0.2) is 0 Å². The maximum absolute atomic E-state index is 11.9. The Labute approximate surface area is 184 Å². The van der Waals surface area contributed by atoms with Crippen LogP contribution in [0.25, 0.3) is 0 Å². The predicted molar refractivity (Wildman–Crippen MR) is 124 cm³/mol. The number of aldehydes is 1. The van der Waals surface area contributed by atoms with Gasteiger partial charge in [-0.1, -0.05) is 44.2 Å². The fraction of sp³-hybridized carbons (Fsp3) is 0.333. The van der Waals surface area contributed by atoms with Gasteiger partial charge in [-0.05, 0) is 72.7 Å². The summed E-state index contributed by atoms with van der Waals surface area (Å²) in [5.41, 5.74) is 5.26. The van der Waals surface area contributed by atoms with E-state index in [1.54, 1.807) is 0 Å². The maximum atomic E-state index is 11.9. The van der Waals surface area contributed by atoms with E-state index in [1.807, 2.05) is 36.5 Å². The lowest BCUT2D eigenvalue weighted by atomic mass is 9.94. The molecule has 1 saturated heterocycles. The Kier molecular flexibility index (Phi) is 6.47. The van der Waals surface area contributed by atoms with Crippen LogP contribution in [0.4, 0.5) is 0 Å². The van der Waals surface area contributed by atoms with E-state index in [9.17, 15) is 4.79 Å². The summed E-state index contributed by atoms with van der Waals surface area (Å²) in [5, 5.41) is 0. The normalized spacial score (nSPS) is 16.6. The number of hydrogen-bond acceptors (Lipinski definition) is 4. The number of likely N-dealkylation sites (tertiary alicyclic amines) is 1. The first-order valence-electron chi connectivity index (χ1n) is 11.0. The number of nitrogens with zero attached hydrogens (tertiary/aromatic N) is 2. The molecule has 0 aliphatic carbocycles. The van der Waals surface area contributed by atoms with Crippen molar-refractivity contribution in [1.29, 1.82) is 0 Å². The van der Waals surface area contributed by atoms with E-state index in [2.05, 4.69) is 54.9 Å². The summed E-state index contributed by atoms with van der Waals surface area (Å²) in [5.74, 6) is 2.27. The fourth-order valence-electron chi connectivity index (χ4n) is 4.32. The van der Waals surface area contributed by atoms with Gasteiger partial charge in [0.1, 0.15) is 17.8 Å². The fourth-order valence-corrected chi connectivity index (χ4v) is 4.32. The molecule has 1 unspecified atom stereocenters. The largest absolute Gasteiger partial charge is 0.457 e. The van der Waals surface area contributed by atoms with Crippen LogP contribution in [0.3, 0.4) is 0 Å². The first kappa shape index (κ1) is 21.3. The molecule has 0 spiro atoms. The molecule has 1 aromatic heterocycles. The van der Waals surface area contributed by atoms with Crippen LogP contribution in [-0.2, 0) is 6.54 Å². The molecule has 0 saturated carbocycles. The molecule has 0 radical (unpaired) electrons. The molecule has 4 nitrogen and oxygen atoms in total. The monoisotopic (exact) mass is 414 g/mol. The van der Waals surface area contributed by atoms with E-state index in [0.717, 1.165) is 60.5 Å². The van der Waals surface area contributed by atoms with Crippen LogP contribution in [0.5, 0.6) is 11.5 Å².